The molecule has 37 heavy (non-hydrogen) atoms. The first-order valence-electron chi connectivity index (χ1n) is 16.6. The highest BCUT2D eigenvalue weighted by Gasteiger charge is 2.57. The molecule has 1 aromatic carbocycles. The van der Waals surface area contributed by atoms with E-state index in [0.29, 0.717) is 11.5 Å². The van der Waals surface area contributed by atoms with E-state index in [1.165, 1.54) is 96.3 Å². The van der Waals surface area contributed by atoms with Gasteiger partial charge in [-0.3, -0.25) is 0 Å². The molecular formula is C35H58NP. The van der Waals surface area contributed by atoms with Gasteiger partial charge in [-0.1, -0.05) is 116 Å². The van der Waals surface area contributed by atoms with E-state index in [4.69, 9.17) is 0 Å². The zero-order chi connectivity index (χ0) is 25.7. The van der Waals surface area contributed by atoms with Gasteiger partial charge in [-0.15, -0.1) is 0 Å². The van der Waals surface area contributed by atoms with Gasteiger partial charge in [0.1, 0.15) is 0 Å². The summed E-state index contributed by atoms with van der Waals surface area (Å²) in [5.41, 5.74) is 5.22. The topological polar surface area (TPSA) is 3.24 Å². The molecule has 0 aromatic heterocycles. The van der Waals surface area contributed by atoms with Gasteiger partial charge in [-0.2, -0.15) is 0 Å². The third kappa shape index (κ3) is 6.04. The van der Waals surface area contributed by atoms with Gasteiger partial charge in [0.2, 0.25) is 0 Å². The quantitative estimate of drug-likeness (QED) is 0.242. The Labute approximate surface area is 231 Å². The van der Waals surface area contributed by atoms with E-state index in [0.717, 1.165) is 28.8 Å². The number of nitrogens with zero attached hydrogens (tertiary/aromatic N) is 1. The lowest BCUT2D eigenvalue weighted by molar-refractivity contribution is 0.0310. The Kier molecular flexibility index (Phi) is 10.1. The summed E-state index contributed by atoms with van der Waals surface area (Å²) in [6.07, 6.45) is 28.8. The third-order valence-corrected chi connectivity index (χ3v) is 15.8. The lowest BCUT2D eigenvalue weighted by atomic mass is 9.61. The molecule has 0 saturated heterocycles. The van der Waals surface area contributed by atoms with E-state index in [1.807, 2.05) is 0 Å². The van der Waals surface area contributed by atoms with Gasteiger partial charge in [-0.05, 0) is 105 Å². The molecule has 0 aliphatic heterocycles. The minimum atomic E-state index is 0.0906. The monoisotopic (exact) mass is 523 g/mol. The Morgan fingerprint density at radius 3 is 1.73 bits per heavy atom. The zero-order valence-corrected chi connectivity index (χ0v) is 25.6. The maximum atomic E-state index is 2.87. The number of rotatable bonds is 8. The Hall–Kier alpha value is -0.390. The fourth-order valence-corrected chi connectivity index (χ4v) is 15.1. The largest absolute Gasteiger partial charge is 0.302 e. The lowest BCUT2D eigenvalue weighted by Crippen LogP contribution is -2.49. The van der Waals surface area contributed by atoms with Crippen LogP contribution in [0.25, 0.3) is 0 Å². The summed E-state index contributed by atoms with van der Waals surface area (Å²) >= 11 is 0. The average molecular weight is 524 g/mol. The van der Waals surface area contributed by atoms with Gasteiger partial charge in [0.25, 0.3) is 0 Å². The van der Waals surface area contributed by atoms with Gasteiger partial charge in [0.05, 0.1) is 0 Å². The molecule has 4 atom stereocenters. The van der Waals surface area contributed by atoms with Crippen molar-refractivity contribution in [1.29, 1.82) is 0 Å². The van der Waals surface area contributed by atoms with Crippen molar-refractivity contribution in [2.45, 2.75) is 152 Å². The maximum absolute atomic E-state index is 2.87. The molecule has 0 bridgehead atoms. The minimum absolute atomic E-state index is 0.0906. The molecule has 208 valence electrons. The molecule has 4 fully saturated rings. The fraction of sp³-hybridized carbons (Fsp3) is 0.829. The molecule has 0 radical (unpaired) electrons. The van der Waals surface area contributed by atoms with Crippen molar-refractivity contribution in [2.24, 2.45) is 17.3 Å². The van der Waals surface area contributed by atoms with Crippen LogP contribution in [0.1, 0.15) is 141 Å². The molecule has 4 aliphatic carbocycles. The molecule has 5 rings (SSSR count). The summed E-state index contributed by atoms with van der Waals surface area (Å²) in [5, 5.41) is 0. The highest BCUT2D eigenvalue weighted by atomic mass is 31.1. The number of benzene rings is 1. The van der Waals surface area contributed by atoms with Gasteiger partial charge in [-0.25, -0.2) is 0 Å². The molecule has 0 heterocycles. The predicted octanol–water partition coefficient (Wildman–Crippen LogP) is 10.6. The highest BCUT2D eigenvalue weighted by molar-refractivity contribution is 7.60. The Balaban J connectivity index is 1.58. The summed E-state index contributed by atoms with van der Waals surface area (Å²) in [4.78, 5) is 2.63. The van der Waals surface area contributed by atoms with E-state index in [1.54, 1.807) is 31.2 Å². The van der Waals surface area contributed by atoms with E-state index in [2.05, 4.69) is 56.3 Å². The van der Waals surface area contributed by atoms with E-state index < -0.39 is 0 Å². The molecule has 0 N–H and O–H groups in total. The molecule has 4 saturated carbocycles. The van der Waals surface area contributed by atoms with Crippen LogP contribution < -0.4 is 0 Å². The molecule has 2 heteroatoms. The third-order valence-electron chi connectivity index (χ3n) is 11.7. The summed E-state index contributed by atoms with van der Waals surface area (Å²) < 4.78 is 0. The first-order valence-corrected chi connectivity index (χ1v) is 18.2. The van der Waals surface area contributed by atoms with Crippen molar-refractivity contribution in [3.63, 3.8) is 0 Å². The molecular weight excluding hydrogens is 465 g/mol. The lowest BCUT2D eigenvalue weighted by Gasteiger charge is -2.56. The molecule has 1 nitrogen and oxygen atoms in total. The van der Waals surface area contributed by atoms with Crippen LogP contribution in [0.2, 0.25) is 0 Å². The van der Waals surface area contributed by atoms with E-state index in [-0.39, 0.29) is 7.92 Å². The van der Waals surface area contributed by atoms with Crippen LogP contribution in [0.3, 0.4) is 0 Å². The van der Waals surface area contributed by atoms with Crippen LogP contribution >= 0.6 is 7.92 Å². The average Bonchev–Trinajstić information content (AvgIpc) is 3.17. The second-order valence-corrected chi connectivity index (χ2v) is 17.0. The van der Waals surface area contributed by atoms with Crippen molar-refractivity contribution in [3.05, 3.63) is 35.9 Å². The molecule has 2 unspecified atom stereocenters. The van der Waals surface area contributed by atoms with Gasteiger partial charge >= 0.3 is 0 Å². The van der Waals surface area contributed by atoms with Crippen LogP contribution in [-0.4, -0.2) is 36.0 Å². The second kappa shape index (κ2) is 13.3. The summed E-state index contributed by atoms with van der Waals surface area (Å²) in [5.74, 6) is 1.78. The van der Waals surface area contributed by atoms with Gasteiger partial charge in [0, 0.05) is 6.04 Å². The van der Waals surface area contributed by atoms with Gasteiger partial charge in [0.15, 0.2) is 0 Å². The Bertz CT molecular complexity index is 769. The zero-order valence-electron chi connectivity index (χ0n) is 24.7. The summed E-state index contributed by atoms with van der Waals surface area (Å²) in [6, 6.07) is 12.3. The number of hydrogen-bond acceptors (Lipinski definition) is 1. The van der Waals surface area contributed by atoms with Crippen molar-refractivity contribution < 1.29 is 0 Å². The van der Waals surface area contributed by atoms with E-state index >= 15 is 0 Å². The van der Waals surface area contributed by atoms with Crippen LogP contribution in [0.15, 0.2) is 30.3 Å². The smallest absolute Gasteiger partial charge is 0.0375 e. The van der Waals surface area contributed by atoms with E-state index in [9.17, 15) is 0 Å². The minimum Gasteiger partial charge on any atom is -0.302 e. The van der Waals surface area contributed by atoms with Crippen LogP contribution in [0, 0.1) is 17.3 Å². The predicted molar refractivity (Wildman–Crippen MR) is 164 cm³/mol. The molecule has 1 aromatic rings. The van der Waals surface area contributed by atoms with Crippen LogP contribution in [-0.2, 0) is 0 Å². The molecule has 0 amide bonds. The first-order chi connectivity index (χ1) is 18.1. The first kappa shape index (κ1) is 28.1. The number of hydrogen-bond donors (Lipinski definition) is 0. The standard InChI is InChI=1S/C35H58NP/c1-28(37(31-22-13-7-14-23-31)32-24-15-8-16-25-32)35(30-20-11-4-5-12-21-30)27-17-26-33(35)34(36(2)3)29-18-9-6-10-19-29/h6,9-10,18-19,28,30-34H,4-5,7-8,11-17,20-27H2,1-3H3/t28-,33?,34-,35?/m1/s1. The molecule has 4 aliphatic rings. The summed E-state index contributed by atoms with van der Waals surface area (Å²) in [7, 11) is 4.88. The Morgan fingerprint density at radius 1 is 0.676 bits per heavy atom. The highest BCUT2D eigenvalue weighted by Crippen LogP contribution is 2.70. The Morgan fingerprint density at radius 2 is 1.19 bits per heavy atom. The molecule has 0 spiro atoms. The van der Waals surface area contributed by atoms with Crippen molar-refractivity contribution in [1.82, 2.24) is 4.90 Å². The van der Waals surface area contributed by atoms with Crippen molar-refractivity contribution >= 4 is 7.92 Å². The maximum Gasteiger partial charge on any atom is 0.0375 e. The normalized spacial score (nSPS) is 31.0. The van der Waals surface area contributed by atoms with Crippen molar-refractivity contribution in [3.8, 4) is 0 Å². The van der Waals surface area contributed by atoms with Gasteiger partial charge < -0.3 is 4.90 Å². The van der Waals surface area contributed by atoms with Crippen molar-refractivity contribution in [2.75, 3.05) is 14.1 Å². The van der Waals surface area contributed by atoms with Crippen LogP contribution in [0.4, 0.5) is 0 Å². The SMILES string of the molecule is C[C@@H](P(C1CCCCC1)C1CCCCC1)C1(C2CCCCCC2)CCCC1[C@@H](c1ccccc1)N(C)C. The fourth-order valence-electron chi connectivity index (χ4n) is 10.2. The second-order valence-electron chi connectivity index (χ2n) is 13.8. The van der Waals surface area contributed by atoms with Crippen LogP contribution in [0.5, 0.6) is 0 Å². The summed E-state index contributed by atoms with van der Waals surface area (Å²) in [6.45, 7) is 2.87.